The lowest BCUT2D eigenvalue weighted by Gasteiger charge is -2.27. The van der Waals surface area contributed by atoms with Crippen LogP contribution in [0.2, 0.25) is 0 Å². The second kappa shape index (κ2) is 4.35. The van der Waals surface area contributed by atoms with Crippen LogP contribution in [0, 0.1) is 0 Å². The van der Waals surface area contributed by atoms with E-state index in [-0.39, 0.29) is 11.4 Å². The van der Waals surface area contributed by atoms with E-state index in [2.05, 4.69) is 31.4 Å². The second-order valence-corrected chi connectivity index (χ2v) is 4.62. The number of carbonyl (C=O) groups is 1. The number of hydrogen-bond acceptors (Lipinski definition) is 2. The van der Waals surface area contributed by atoms with E-state index in [0.717, 1.165) is 18.2 Å². The normalized spacial score (nSPS) is 19.0. The molecule has 0 aromatic carbocycles. The van der Waals surface area contributed by atoms with Gasteiger partial charge in [-0.2, -0.15) is 5.10 Å². The highest BCUT2D eigenvalue weighted by Gasteiger charge is 2.34. The van der Waals surface area contributed by atoms with E-state index >= 15 is 0 Å². The number of halogens is 1. The maximum atomic E-state index is 11.8. The van der Waals surface area contributed by atoms with Crippen LogP contribution >= 0.6 is 15.9 Å². The number of nitrogens with zero attached hydrogens (tertiary/aromatic N) is 1. The van der Waals surface area contributed by atoms with Crippen LogP contribution in [-0.2, 0) is 0 Å². The van der Waals surface area contributed by atoms with Gasteiger partial charge in [0.05, 0.1) is 17.3 Å². The molecule has 82 valence electrons. The molecule has 1 heterocycles. The number of aromatic amines is 1. The fourth-order valence-corrected chi connectivity index (χ4v) is 2.73. The minimum Gasteiger partial charge on any atom is -0.346 e. The first-order chi connectivity index (χ1) is 7.26. The summed E-state index contributed by atoms with van der Waals surface area (Å²) < 4.78 is 0. The molecule has 1 saturated carbocycles. The van der Waals surface area contributed by atoms with Crippen LogP contribution in [0.1, 0.15) is 36.0 Å². The third-order valence-electron chi connectivity index (χ3n) is 2.96. The zero-order valence-corrected chi connectivity index (χ0v) is 10.0. The van der Waals surface area contributed by atoms with Gasteiger partial charge in [0.1, 0.15) is 0 Å². The average molecular weight is 272 g/mol. The zero-order valence-electron chi connectivity index (χ0n) is 8.42. The van der Waals surface area contributed by atoms with Crippen molar-refractivity contribution in [3.8, 4) is 0 Å². The summed E-state index contributed by atoms with van der Waals surface area (Å²) in [7, 11) is 0. The number of alkyl halides is 1. The number of amides is 1. The van der Waals surface area contributed by atoms with Gasteiger partial charge in [-0.3, -0.25) is 9.89 Å². The van der Waals surface area contributed by atoms with Crippen LogP contribution in [0.25, 0.3) is 0 Å². The van der Waals surface area contributed by atoms with Crippen LogP contribution in [0.15, 0.2) is 12.4 Å². The predicted molar refractivity (Wildman–Crippen MR) is 61.0 cm³/mol. The molecule has 15 heavy (non-hydrogen) atoms. The fraction of sp³-hybridized carbons (Fsp3) is 0.600. The number of rotatable bonds is 3. The van der Waals surface area contributed by atoms with E-state index in [0.29, 0.717) is 5.56 Å². The summed E-state index contributed by atoms with van der Waals surface area (Å²) in [6, 6.07) is 0. The minimum absolute atomic E-state index is 0.0369. The highest BCUT2D eigenvalue weighted by Crippen LogP contribution is 2.31. The molecule has 0 saturated heterocycles. The standard InChI is InChI=1S/C10H14BrN3O/c11-7-10(3-1-2-4-10)14-9(15)8-5-12-13-6-8/h5-6H,1-4,7H2,(H,12,13)(H,14,15). The first-order valence-electron chi connectivity index (χ1n) is 5.13. The molecular weight excluding hydrogens is 258 g/mol. The maximum absolute atomic E-state index is 11.8. The van der Waals surface area contributed by atoms with Gasteiger partial charge in [0, 0.05) is 11.5 Å². The number of nitrogens with one attached hydrogen (secondary N) is 2. The molecule has 4 nitrogen and oxygen atoms in total. The number of hydrogen-bond donors (Lipinski definition) is 2. The second-order valence-electron chi connectivity index (χ2n) is 4.06. The predicted octanol–water partition coefficient (Wildman–Crippen LogP) is 1.85. The van der Waals surface area contributed by atoms with Crippen molar-refractivity contribution in [2.45, 2.75) is 31.2 Å². The molecule has 1 aliphatic rings. The monoisotopic (exact) mass is 271 g/mol. The van der Waals surface area contributed by atoms with Gasteiger partial charge in [0.25, 0.3) is 5.91 Å². The van der Waals surface area contributed by atoms with Gasteiger partial charge in [0.2, 0.25) is 0 Å². The Morgan fingerprint density at radius 1 is 1.60 bits per heavy atom. The van der Waals surface area contributed by atoms with Crippen LogP contribution in [0.5, 0.6) is 0 Å². The van der Waals surface area contributed by atoms with Crippen molar-refractivity contribution in [2.75, 3.05) is 5.33 Å². The van der Waals surface area contributed by atoms with E-state index in [1.54, 1.807) is 12.4 Å². The molecule has 0 atom stereocenters. The van der Waals surface area contributed by atoms with Crippen molar-refractivity contribution in [1.82, 2.24) is 15.5 Å². The lowest BCUT2D eigenvalue weighted by Crippen LogP contribution is -2.47. The average Bonchev–Trinajstić information content (AvgIpc) is 2.88. The van der Waals surface area contributed by atoms with Gasteiger partial charge < -0.3 is 5.32 Å². The SMILES string of the molecule is O=C(NC1(CBr)CCCC1)c1cn[nH]c1. The summed E-state index contributed by atoms with van der Waals surface area (Å²) >= 11 is 3.49. The van der Waals surface area contributed by atoms with Crippen molar-refractivity contribution in [3.05, 3.63) is 18.0 Å². The topological polar surface area (TPSA) is 57.8 Å². The summed E-state index contributed by atoms with van der Waals surface area (Å²) in [5.41, 5.74) is 0.552. The van der Waals surface area contributed by atoms with Crippen LogP contribution < -0.4 is 5.32 Å². The molecule has 1 amide bonds. The Morgan fingerprint density at radius 2 is 2.33 bits per heavy atom. The van der Waals surface area contributed by atoms with E-state index in [1.165, 1.54) is 12.8 Å². The highest BCUT2D eigenvalue weighted by atomic mass is 79.9. The van der Waals surface area contributed by atoms with Crippen LogP contribution in [0.3, 0.4) is 0 Å². The third-order valence-corrected chi connectivity index (χ3v) is 4.03. The van der Waals surface area contributed by atoms with Gasteiger partial charge in [-0.25, -0.2) is 0 Å². The Balaban J connectivity index is 2.04. The molecular formula is C10H14BrN3O. The zero-order chi connectivity index (χ0) is 10.7. The highest BCUT2D eigenvalue weighted by molar-refractivity contribution is 9.09. The van der Waals surface area contributed by atoms with Gasteiger partial charge in [-0.05, 0) is 12.8 Å². The van der Waals surface area contributed by atoms with Crippen molar-refractivity contribution >= 4 is 21.8 Å². The van der Waals surface area contributed by atoms with E-state index in [1.807, 2.05) is 0 Å². The molecule has 2 N–H and O–H groups in total. The number of carbonyl (C=O) groups excluding carboxylic acids is 1. The summed E-state index contributed by atoms with van der Waals surface area (Å²) in [5.74, 6) is -0.0369. The first-order valence-corrected chi connectivity index (χ1v) is 6.25. The molecule has 0 spiro atoms. The van der Waals surface area contributed by atoms with Crippen LogP contribution in [-0.4, -0.2) is 27.0 Å². The smallest absolute Gasteiger partial charge is 0.254 e. The summed E-state index contributed by atoms with van der Waals surface area (Å²) in [6.07, 6.45) is 7.66. The molecule has 0 bridgehead atoms. The van der Waals surface area contributed by atoms with Gasteiger partial charge in [-0.1, -0.05) is 28.8 Å². The first kappa shape index (κ1) is 10.7. The molecule has 0 unspecified atom stereocenters. The van der Waals surface area contributed by atoms with Gasteiger partial charge >= 0.3 is 0 Å². The third kappa shape index (κ3) is 2.22. The Kier molecular flexibility index (Phi) is 3.09. The molecule has 1 aromatic rings. The van der Waals surface area contributed by atoms with Crippen molar-refractivity contribution in [2.24, 2.45) is 0 Å². The van der Waals surface area contributed by atoms with E-state index in [9.17, 15) is 4.79 Å². The molecule has 5 heteroatoms. The summed E-state index contributed by atoms with van der Waals surface area (Å²) in [6.45, 7) is 0. The lowest BCUT2D eigenvalue weighted by atomic mass is 10.0. The Hall–Kier alpha value is -0.840. The molecule has 0 aliphatic heterocycles. The van der Waals surface area contributed by atoms with Gasteiger partial charge in [0.15, 0.2) is 0 Å². The van der Waals surface area contributed by atoms with Crippen molar-refractivity contribution in [3.63, 3.8) is 0 Å². The molecule has 2 rings (SSSR count). The maximum Gasteiger partial charge on any atom is 0.254 e. The largest absolute Gasteiger partial charge is 0.346 e. The summed E-state index contributed by atoms with van der Waals surface area (Å²) in [4.78, 5) is 11.8. The fourth-order valence-electron chi connectivity index (χ4n) is 2.03. The lowest BCUT2D eigenvalue weighted by molar-refractivity contribution is 0.0910. The molecule has 1 fully saturated rings. The van der Waals surface area contributed by atoms with Crippen LogP contribution in [0.4, 0.5) is 0 Å². The molecule has 0 radical (unpaired) electrons. The quantitative estimate of drug-likeness (QED) is 0.825. The van der Waals surface area contributed by atoms with Crippen molar-refractivity contribution < 1.29 is 4.79 Å². The number of aromatic nitrogens is 2. The Morgan fingerprint density at radius 3 is 2.87 bits per heavy atom. The molecule has 1 aromatic heterocycles. The van der Waals surface area contributed by atoms with Crippen molar-refractivity contribution in [1.29, 1.82) is 0 Å². The minimum atomic E-state index is -0.0473. The summed E-state index contributed by atoms with van der Waals surface area (Å²) in [5, 5.41) is 10.3. The Labute approximate surface area is 97.0 Å². The Bertz CT molecular complexity index is 330. The molecule has 1 aliphatic carbocycles. The van der Waals surface area contributed by atoms with E-state index in [4.69, 9.17) is 0 Å². The van der Waals surface area contributed by atoms with Gasteiger partial charge in [-0.15, -0.1) is 0 Å². The number of H-pyrrole nitrogens is 1. The van der Waals surface area contributed by atoms with E-state index < -0.39 is 0 Å².